The second kappa shape index (κ2) is 6.99. The lowest BCUT2D eigenvalue weighted by atomic mass is 10.2. The van der Waals surface area contributed by atoms with Crippen molar-refractivity contribution in [2.75, 3.05) is 26.3 Å². The van der Waals surface area contributed by atoms with Crippen molar-refractivity contribution in [3.63, 3.8) is 0 Å². The molecular weight excluding hydrogens is 352 g/mol. The summed E-state index contributed by atoms with van der Waals surface area (Å²) in [4.78, 5) is 12.2. The van der Waals surface area contributed by atoms with Crippen LogP contribution >= 0.6 is 12.2 Å². The molecule has 3 aromatic rings. The van der Waals surface area contributed by atoms with Gasteiger partial charge in [0.1, 0.15) is 13.1 Å². The van der Waals surface area contributed by atoms with E-state index in [-0.39, 0.29) is 10.6 Å². The van der Waals surface area contributed by atoms with Crippen LogP contribution in [0.1, 0.15) is 0 Å². The van der Waals surface area contributed by atoms with Gasteiger partial charge >= 0.3 is 0 Å². The first-order valence-electron chi connectivity index (χ1n) is 8.51. The summed E-state index contributed by atoms with van der Waals surface area (Å²) in [6.07, 6.45) is 0. The van der Waals surface area contributed by atoms with E-state index in [1.165, 1.54) is 11.0 Å². The number of hydrogen-bond donors (Lipinski definition) is 1. The Labute approximate surface area is 155 Å². The molecule has 8 heteroatoms. The number of non-ortho nitro benzene ring substituents is 1. The third-order valence-electron chi connectivity index (χ3n) is 4.72. The average Bonchev–Trinajstić information content (AvgIpc) is 2.94. The van der Waals surface area contributed by atoms with Crippen molar-refractivity contribution in [1.82, 2.24) is 9.13 Å². The largest absolute Gasteiger partial charge is 0.370 e. The number of aromatic nitrogens is 2. The standard InChI is InChI=1S/C18H18N4O3S/c23-22(24)15-6-7-16-17(12-15)20(13-19-8-10-25-11-9-19)18(26)21(16)14-4-2-1-3-5-14/h1-7,12H,8-11,13H2/p+1. The topological polar surface area (TPSA) is 66.7 Å². The van der Waals surface area contributed by atoms with Crippen LogP contribution in [-0.4, -0.2) is 40.4 Å². The van der Waals surface area contributed by atoms with Crippen LogP contribution < -0.4 is 4.90 Å². The molecule has 4 rings (SSSR count). The average molecular weight is 371 g/mol. The van der Waals surface area contributed by atoms with Gasteiger partial charge in [-0.05, 0) is 30.4 Å². The summed E-state index contributed by atoms with van der Waals surface area (Å²) in [5.74, 6) is 0. The number of imidazole rings is 1. The van der Waals surface area contributed by atoms with Crippen LogP contribution in [0.4, 0.5) is 5.69 Å². The summed E-state index contributed by atoms with van der Waals surface area (Å²) in [7, 11) is 0. The van der Waals surface area contributed by atoms with E-state index in [9.17, 15) is 10.1 Å². The monoisotopic (exact) mass is 371 g/mol. The van der Waals surface area contributed by atoms with E-state index in [1.807, 2.05) is 39.5 Å². The Morgan fingerprint density at radius 3 is 2.54 bits per heavy atom. The first-order chi connectivity index (χ1) is 12.6. The van der Waals surface area contributed by atoms with E-state index in [4.69, 9.17) is 17.0 Å². The highest BCUT2D eigenvalue weighted by Gasteiger charge is 2.20. The van der Waals surface area contributed by atoms with Gasteiger partial charge in [-0.15, -0.1) is 0 Å². The van der Waals surface area contributed by atoms with Crippen molar-refractivity contribution in [3.05, 3.63) is 63.4 Å². The number of hydrogen-bond acceptors (Lipinski definition) is 4. The van der Waals surface area contributed by atoms with Gasteiger partial charge in [0.15, 0.2) is 11.4 Å². The third kappa shape index (κ3) is 3.03. The number of nitro benzene ring substituents is 1. The summed E-state index contributed by atoms with van der Waals surface area (Å²) >= 11 is 5.76. The Balaban J connectivity index is 1.90. The van der Waals surface area contributed by atoms with Gasteiger partial charge in [-0.25, -0.2) is 0 Å². The van der Waals surface area contributed by atoms with Gasteiger partial charge in [0.2, 0.25) is 0 Å². The lowest BCUT2D eigenvalue weighted by molar-refractivity contribution is -0.930. The fourth-order valence-corrected chi connectivity index (χ4v) is 3.75. The van der Waals surface area contributed by atoms with E-state index in [2.05, 4.69) is 0 Å². The minimum Gasteiger partial charge on any atom is -0.370 e. The molecule has 1 N–H and O–H groups in total. The molecule has 134 valence electrons. The number of rotatable bonds is 4. The molecule has 0 unspecified atom stereocenters. The zero-order valence-corrected chi connectivity index (χ0v) is 14.9. The van der Waals surface area contributed by atoms with Gasteiger partial charge in [-0.3, -0.25) is 19.2 Å². The predicted octanol–water partition coefficient (Wildman–Crippen LogP) is 1.94. The number of quaternary nitrogens is 1. The van der Waals surface area contributed by atoms with E-state index >= 15 is 0 Å². The fourth-order valence-electron chi connectivity index (χ4n) is 3.38. The van der Waals surface area contributed by atoms with Gasteiger partial charge in [0.05, 0.1) is 29.2 Å². The molecule has 0 spiro atoms. The quantitative estimate of drug-likeness (QED) is 0.432. The van der Waals surface area contributed by atoms with Crippen LogP contribution in [0.5, 0.6) is 0 Å². The summed E-state index contributed by atoms with van der Waals surface area (Å²) in [6.45, 7) is 3.91. The normalized spacial score (nSPS) is 15.4. The maximum absolute atomic E-state index is 11.2. The zero-order chi connectivity index (χ0) is 18.1. The van der Waals surface area contributed by atoms with Crippen LogP contribution in [0.2, 0.25) is 0 Å². The summed E-state index contributed by atoms with van der Waals surface area (Å²) in [5, 5.41) is 11.2. The first kappa shape index (κ1) is 16.9. The fraction of sp³-hybridized carbons (Fsp3) is 0.278. The number of nitrogens with zero attached hydrogens (tertiary/aromatic N) is 3. The number of nitro groups is 1. The van der Waals surface area contributed by atoms with E-state index < -0.39 is 0 Å². The highest BCUT2D eigenvalue weighted by Crippen LogP contribution is 2.26. The second-order valence-corrected chi connectivity index (χ2v) is 6.70. The molecule has 1 saturated heterocycles. The van der Waals surface area contributed by atoms with Gasteiger partial charge in [0.25, 0.3) is 5.69 Å². The molecule has 26 heavy (non-hydrogen) atoms. The SMILES string of the molecule is O=[N+]([O-])c1ccc2c(c1)n(C[NH+]1CCOCC1)c(=S)n2-c1ccccc1. The van der Waals surface area contributed by atoms with Crippen molar-refractivity contribution in [2.45, 2.75) is 6.67 Å². The highest BCUT2D eigenvalue weighted by atomic mass is 32.1. The summed E-state index contributed by atoms with van der Waals surface area (Å²) in [5.41, 5.74) is 2.68. The lowest BCUT2D eigenvalue weighted by Crippen LogP contribution is -3.13. The van der Waals surface area contributed by atoms with Crippen molar-refractivity contribution in [1.29, 1.82) is 0 Å². The molecule has 2 heterocycles. The first-order valence-corrected chi connectivity index (χ1v) is 8.92. The Hall–Kier alpha value is -2.55. The molecule has 0 amide bonds. The number of ether oxygens (including phenoxy) is 1. The van der Waals surface area contributed by atoms with Gasteiger partial charge < -0.3 is 9.64 Å². The smallest absolute Gasteiger partial charge is 0.271 e. The number of benzene rings is 2. The number of morpholine rings is 1. The molecule has 0 atom stereocenters. The van der Waals surface area contributed by atoms with Crippen molar-refractivity contribution in [2.24, 2.45) is 0 Å². The molecule has 2 aromatic carbocycles. The summed E-state index contributed by atoms with van der Waals surface area (Å²) < 4.78 is 10.1. The van der Waals surface area contributed by atoms with E-state index in [0.717, 1.165) is 43.0 Å². The van der Waals surface area contributed by atoms with Crippen LogP contribution in [0.15, 0.2) is 48.5 Å². The van der Waals surface area contributed by atoms with Crippen molar-refractivity contribution in [3.8, 4) is 5.69 Å². The number of nitrogens with one attached hydrogen (secondary N) is 1. The van der Waals surface area contributed by atoms with Gasteiger partial charge in [-0.2, -0.15) is 0 Å². The predicted molar refractivity (Wildman–Crippen MR) is 100 cm³/mol. The Morgan fingerprint density at radius 1 is 1.12 bits per heavy atom. The Bertz CT molecular complexity index is 1010. The van der Waals surface area contributed by atoms with Crippen LogP contribution in [0.25, 0.3) is 16.7 Å². The van der Waals surface area contributed by atoms with Crippen molar-refractivity contribution >= 4 is 28.9 Å². The number of fused-ring (bicyclic) bond motifs is 1. The molecule has 1 fully saturated rings. The minimum atomic E-state index is -0.367. The highest BCUT2D eigenvalue weighted by molar-refractivity contribution is 7.71. The summed E-state index contributed by atoms with van der Waals surface area (Å²) in [6, 6.07) is 14.8. The molecule has 7 nitrogen and oxygen atoms in total. The maximum Gasteiger partial charge on any atom is 0.271 e. The third-order valence-corrected chi connectivity index (χ3v) is 5.12. The Morgan fingerprint density at radius 2 is 1.85 bits per heavy atom. The van der Waals surface area contributed by atoms with Crippen molar-refractivity contribution < 1.29 is 14.6 Å². The minimum absolute atomic E-state index is 0.0726. The molecule has 0 aliphatic carbocycles. The molecule has 0 bridgehead atoms. The maximum atomic E-state index is 11.2. The Kier molecular flexibility index (Phi) is 4.54. The van der Waals surface area contributed by atoms with Crippen LogP contribution in [-0.2, 0) is 11.4 Å². The molecule has 1 aliphatic rings. The van der Waals surface area contributed by atoms with E-state index in [0.29, 0.717) is 11.4 Å². The molecule has 1 aliphatic heterocycles. The zero-order valence-electron chi connectivity index (χ0n) is 14.1. The van der Waals surface area contributed by atoms with Gasteiger partial charge in [0, 0.05) is 17.8 Å². The van der Waals surface area contributed by atoms with Crippen LogP contribution in [0.3, 0.4) is 0 Å². The van der Waals surface area contributed by atoms with E-state index in [1.54, 1.807) is 12.1 Å². The molecule has 1 aromatic heterocycles. The molecule has 0 saturated carbocycles. The lowest BCUT2D eigenvalue weighted by Gasteiger charge is -2.24. The second-order valence-electron chi connectivity index (χ2n) is 6.33. The molecule has 0 radical (unpaired) electrons. The van der Waals surface area contributed by atoms with Gasteiger partial charge in [-0.1, -0.05) is 18.2 Å². The number of para-hydroxylation sites is 1. The molecular formula is C18H19N4O3S+. The van der Waals surface area contributed by atoms with Crippen LogP contribution in [0, 0.1) is 14.9 Å².